The highest BCUT2D eigenvalue weighted by Crippen LogP contribution is 2.45. The minimum atomic E-state index is -5.32. The molecule has 10 heteroatoms. The zero-order chi connectivity index (χ0) is 22.1. The van der Waals surface area contributed by atoms with Gasteiger partial charge in [-0.3, -0.25) is 4.79 Å². The molecule has 160 valence electrons. The summed E-state index contributed by atoms with van der Waals surface area (Å²) in [6.07, 6.45) is -5.32. The Morgan fingerprint density at radius 1 is 1.07 bits per heavy atom. The van der Waals surface area contributed by atoms with Crippen molar-refractivity contribution in [1.82, 2.24) is 10.6 Å². The van der Waals surface area contributed by atoms with Gasteiger partial charge in [-0.25, -0.2) is 4.79 Å². The van der Waals surface area contributed by atoms with Gasteiger partial charge in [-0.2, -0.15) is 13.2 Å². The second-order valence-corrected chi connectivity index (χ2v) is 6.66. The van der Waals surface area contributed by atoms with Crippen molar-refractivity contribution in [2.45, 2.75) is 17.9 Å². The maximum absolute atomic E-state index is 13.9. The van der Waals surface area contributed by atoms with Crippen molar-refractivity contribution in [3.05, 3.63) is 59.7 Å². The Morgan fingerprint density at radius 2 is 1.70 bits per heavy atom. The lowest BCUT2D eigenvalue weighted by molar-refractivity contribution is -0.287. The van der Waals surface area contributed by atoms with Gasteiger partial charge in [-0.05, 0) is 17.7 Å². The zero-order valence-corrected chi connectivity index (χ0v) is 16.0. The summed E-state index contributed by atoms with van der Waals surface area (Å²) in [6, 6.07) is 8.63. The number of halogens is 3. The number of alkyl halides is 3. The van der Waals surface area contributed by atoms with Gasteiger partial charge in [-0.1, -0.05) is 36.4 Å². The molecule has 2 aromatic carbocycles. The fourth-order valence-corrected chi connectivity index (χ4v) is 3.45. The van der Waals surface area contributed by atoms with Gasteiger partial charge in [-0.15, -0.1) is 0 Å². The number of Topliss-reactive ketones (excluding diaryl/α,β-unsaturated/α-hetero) is 1. The Hall–Kier alpha value is -3.27. The number of benzene rings is 2. The normalized spacial score (nSPS) is 23.9. The lowest BCUT2D eigenvalue weighted by atomic mass is 9.77. The third-order valence-electron chi connectivity index (χ3n) is 4.91. The summed E-state index contributed by atoms with van der Waals surface area (Å²) in [5.74, 6) is -2.62. The minimum absolute atomic E-state index is 0.0476. The van der Waals surface area contributed by atoms with E-state index in [0.29, 0.717) is 5.75 Å². The Balaban J connectivity index is 2.18. The predicted molar refractivity (Wildman–Crippen MR) is 99.2 cm³/mol. The van der Waals surface area contributed by atoms with Crippen LogP contribution in [-0.4, -0.2) is 43.0 Å². The highest BCUT2D eigenvalue weighted by atomic mass is 19.4. The molecule has 2 amide bonds. The second-order valence-electron chi connectivity index (χ2n) is 6.66. The summed E-state index contributed by atoms with van der Waals surface area (Å²) < 4.78 is 52.0. The first-order valence-electron chi connectivity index (χ1n) is 8.81. The number of hydrogen-bond donors (Lipinski definition) is 3. The van der Waals surface area contributed by atoms with Crippen LogP contribution < -0.4 is 20.1 Å². The third kappa shape index (κ3) is 3.65. The molecule has 3 N–H and O–H groups in total. The average molecular weight is 424 g/mol. The molecule has 1 aliphatic heterocycles. The molecule has 1 aliphatic rings. The summed E-state index contributed by atoms with van der Waals surface area (Å²) in [5.41, 5.74) is -3.71. The van der Waals surface area contributed by atoms with Gasteiger partial charge in [0.1, 0.15) is 5.92 Å². The summed E-state index contributed by atoms with van der Waals surface area (Å²) in [4.78, 5) is 25.2. The number of ether oxygens (including phenoxy) is 2. The number of aliphatic hydroxyl groups is 1. The van der Waals surface area contributed by atoms with Gasteiger partial charge in [0.05, 0.1) is 20.3 Å². The molecule has 0 radical (unpaired) electrons. The number of carbonyl (C=O) groups excluding carboxylic acids is 2. The third-order valence-corrected chi connectivity index (χ3v) is 4.91. The molecular weight excluding hydrogens is 405 g/mol. The monoisotopic (exact) mass is 424 g/mol. The fourth-order valence-electron chi connectivity index (χ4n) is 3.45. The van der Waals surface area contributed by atoms with Gasteiger partial charge in [0.25, 0.3) is 0 Å². The Bertz CT molecular complexity index is 951. The summed E-state index contributed by atoms with van der Waals surface area (Å²) in [6.45, 7) is 0. The quantitative estimate of drug-likeness (QED) is 0.642. The van der Waals surface area contributed by atoms with E-state index in [-0.39, 0.29) is 16.9 Å². The number of ketones is 1. The van der Waals surface area contributed by atoms with Crippen molar-refractivity contribution >= 4 is 11.8 Å². The van der Waals surface area contributed by atoms with Gasteiger partial charge in [0.15, 0.2) is 17.3 Å². The van der Waals surface area contributed by atoms with E-state index in [1.807, 2.05) is 0 Å². The number of nitrogens with one attached hydrogen (secondary N) is 2. The number of carbonyl (C=O) groups is 2. The fraction of sp³-hybridized carbons (Fsp3) is 0.300. The molecule has 1 saturated heterocycles. The van der Waals surface area contributed by atoms with Gasteiger partial charge in [0, 0.05) is 5.56 Å². The van der Waals surface area contributed by atoms with Gasteiger partial charge < -0.3 is 25.2 Å². The van der Waals surface area contributed by atoms with E-state index in [2.05, 4.69) is 5.32 Å². The maximum atomic E-state index is 13.9. The summed E-state index contributed by atoms with van der Waals surface area (Å²) in [5, 5.41) is 14.4. The van der Waals surface area contributed by atoms with E-state index in [1.54, 1.807) is 6.07 Å². The standard InChI is InChI=1S/C20H19F3N2O5/c1-29-13-9-8-12(10-14(13)30-2)16-15(17(26)11-6-4-3-5-7-11)19(28,20(21,22)23)25-18(27)24-16/h3-10,15-16,28H,1-2H3,(H2,24,25,27)/t15-,16-,19+/m1/s1. The van der Waals surface area contributed by atoms with Gasteiger partial charge >= 0.3 is 12.2 Å². The number of hydrogen-bond acceptors (Lipinski definition) is 5. The van der Waals surface area contributed by atoms with Gasteiger partial charge in [0.2, 0.25) is 5.72 Å². The van der Waals surface area contributed by atoms with E-state index in [0.717, 1.165) is 0 Å². The Morgan fingerprint density at radius 3 is 2.27 bits per heavy atom. The second kappa shape index (κ2) is 7.86. The van der Waals surface area contributed by atoms with Crippen LogP contribution in [0.4, 0.5) is 18.0 Å². The smallest absolute Gasteiger partial charge is 0.437 e. The van der Waals surface area contributed by atoms with E-state index >= 15 is 0 Å². The first-order chi connectivity index (χ1) is 14.1. The average Bonchev–Trinajstić information content (AvgIpc) is 2.72. The molecule has 3 rings (SSSR count). The zero-order valence-electron chi connectivity index (χ0n) is 16.0. The van der Waals surface area contributed by atoms with E-state index < -0.39 is 35.7 Å². The Kier molecular flexibility index (Phi) is 5.62. The number of urea groups is 1. The highest BCUT2D eigenvalue weighted by Gasteiger charge is 2.66. The molecule has 0 aliphatic carbocycles. The van der Waals surface area contributed by atoms with Crippen LogP contribution in [0.5, 0.6) is 11.5 Å². The molecule has 1 fully saturated rings. The van der Waals surface area contributed by atoms with Crippen molar-refractivity contribution in [2.24, 2.45) is 5.92 Å². The Labute approximate surface area is 169 Å². The molecule has 2 aromatic rings. The highest BCUT2D eigenvalue weighted by molar-refractivity contribution is 6.00. The van der Waals surface area contributed by atoms with Crippen LogP contribution in [0.1, 0.15) is 22.0 Å². The van der Waals surface area contributed by atoms with Crippen LogP contribution >= 0.6 is 0 Å². The lowest BCUT2D eigenvalue weighted by Gasteiger charge is -2.45. The SMILES string of the molecule is COc1ccc([C@H]2NC(=O)N[C@@](O)(C(F)(F)F)[C@H]2C(=O)c2ccccc2)cc1OC. The van der Waals surface area contributed by atoms with E-state index in [9.17, 15) is 27.9 Å². The van der Waals surface area contributed by atoms with Crippen LogP contribution in [0, 0.1) is 5.92 Å². The number of methoxy groups -OCH3 is 2. The minimum Gasteiger partial charge on any atom is -0.493 e. The molecule has 1 heterocycles. The largest absolute Gasteiger partial charge is 0.493 e. The van der Waals surface area contributed by atoms with Crippen molar-refractivity contribution in [3.8, 4) is 11.5 Å². The molecular formula is C20H19F3N2O5. The van der Waals surface area contributed by atoms with Crippen LogP contribution in [0.15, 0.2) is 48.5 Å². The first kappa shape index (κ1) is 21.4. The van der Waals surface area contributed by atoms with Crippen LogP contribution in [0.3, 0.4) is 0 Å². The number of amides is 2. The maximum Gasteiger partial charge on any atom is 0.437 e. The summed E-state index contributed by atoms with van der Waals surface area (Å²) in [7, 11) is 2.72. The molecule has 0 unspecified atom stereocenters. The van der Waals surface area contributed by atoms with Crippen molar-refractivity contribution in [1.29, 1.82) is 0 Å². The van der Waals surface area contributed by atoms with Crippen LogP contribution in [0.25, 0.3) is 0 Å². The first-order valence-corrected chi connectivity index (χ1v) is 8.81. The van der Waals surface area contributed by atoms with Crippen molar-refractivity contribution < 1.29 is 37.3 Å². The number of rotatable bonds is 5. The van der Waals surface area contributed by atoms with Crippen LogP contribution in [-0.2, 0) is 0 Å². The van der Waals surface area contributed by atoms with Crippen LogP contribution in [0.2, 0.25) is 0 Å². The summed E-state index contributed by atoms with van der Waals surface area (Å²) >= 11 is 0. The van der Waals surface area contributed by atoms with E-state index in [1.165, 1.54) is 62.0 Å². The molecule has 0 aromatic heterocycles. The molecule has 3 atom stereocenters. The van der Waals surface area contributed by atoms with Crippen molar-refractivity contribution in [3.63, 3.8) is 0 Å². The van der Waals surface area contributed by atoms with E-state index in [4.69, 9.17) is 9.47 Å². The molecule has 0 saturated carbocycles. The lowest BCUT2D eigenvalue weighted by Crippen LogP contribution is -2.72. The molecule has 0 bridgehead atoms. The molecule has 7 nitrogen and oxygen atoms in total. The van der Waals surface area contributed by atoms with Crippen molar-refractivity contribution in [2.75, 3.05) is 14.2 Å². The molecule has 0 spiro atoms. The topological polar surface area (TPSA) is 96.9 Å². The predicted octanol–water partition coefficient (Wildman–Crippen LogP) is 2.81. The molecule has 30 heavy (non-hydrogen) atoms.